The summed E-state index contributed by atoms with van der Waals surface area (Å²) in [6, 6.07) is 13.7. The van der Waals surface area contributed by atoms with Crippen LogP contribution in [0.3, 0.4) is 0 Å². The molecule has 0 saturated carbocycles. The molecule has 0 bridgehead atoms. The molecule has 2 aromatic rings. The number of amidine groups is 1. The highest BCUT2D eigenvalue weighted by Gasteiger charge is 2.21. The minimum Gasteiger partial charge on any atom is -0.398 e. The number of nitrogens with zero attached hydrogens (tertiary/aromatic N) is 4. The van der Waals surface area contributed by atoms with Crippen LogP contribution in [0.15, 0.2) is 101 Å². The lowest BCUT2D eigenvalue weighted by Crippen LogP contribution is -2.39. The Bertz CT molecular complexity index is 1280. The normalized spacial score (nSPS) is 18.1. The van der Waals surface area contributed by atoms with E-state index in [-0.39, 0.29) is 0 Å². The van der Waals surface area contributed by atoms with Crippen molar-refractivity contribution < 1.29 is 0 Å². The van der Waals surface area contributed by atoms with Crippen molar-refractivity contribution in [2.75, 3.05) is 37.7 Å². The van der Waals surface area contributed by atoms with Crippen molar-refractivity contribution >= 4 is 35.8 Å². The van der Waals surface area contributed by atoms with Crippen LogP contribution in [0.2, 0.25) is 0 Å². The van der Waals surface area contributed by atoms with Crippen molar-refractivity contribution in [2.24, 2.45) is 9.98 Å². The van der Waals surface area contributed by atoms with Crippen LogP contribution < -0.4 is 11.1 Å². The Morgan fingerprint density at radius 3 is 2.70 bits per heavy atom. The second-order valence-corrected chi connectivity index (χ2v) is 9.36. The van der Waals surface area contributed by atoms with Gasteiger partial charge in [0.25, 0.3) is 0 Å². The third-order valence-corrected chi connectivity index (χ3v) is 6.65. The molecule has 4 rings (SSSR count). The molecule has 4 N–H and O–H groups in total. The number of anilines is 2. The fourth-order valence-electron chi connectivity index (χ4n) is 4.43. The molecule has 37 heavy (non-hydrogen) atoms. The zero-order valence-electron chi connectivity index (χ0n) is 21.4. The van der Waals surface area contributed by atoms with Crippen molar-refractivity contribution in [3.63, 3.8) is 0 Å². The highest BCUT2D eigenvalue weighted by atomic mass is 15.2. The quantitative estimate of drug-likeness (QED) is 0.274. The number of hydrogen-bond acceptors (Lipinski definition) is 6. The van der Waals surface area contributed by atoms with E-state index in [0.29, 0.717) is 29.7 Å². The Labute approximate surface area is 219 Å². The smallest absolute Gasteiger partial charge is 0.135 e. The molecule has 1 fully saturated rings. The van der Waals surface area contributed by atoms with Gasteiger partial charge >= 0.3 is 0 Å². The molecule has 2 aliphatic heterocycles. The summed E-state index contributed by atoms with van der Waals surface area (Å²) in [5.41, 5.74) is 11.6. The van der Waals surface area contributed by atoms with E-state index >= 15 is 0 Å². The molecule has 0 radical (unpaired) electrons. The molecule has 2 aliphatic rings. The second kappa shape index (κ2) is 12.1. The summed E-state index contributed by atoms with van der Waals surface area (Å²) in [6.07, 6.45) is 14.0. The Morgan fingerprint density at radius 1 is 1.16 bits per heavy atom. The average Bonchev–Trinajstić information content (AvgIpc) is 2.91. The van der Waals surface area contributed by atoms with Gasteiger partial charge < -0.3 is 26.3 Å². The van der Waals surface area contributed by atoms with E-state index < -0.39 is 0 Å². The number of aliphatic imine (C=N–C) groups is 2. The largest absolute Gasteiger partial charge is 0.398 e. The minimum absolute atomic E-state index is 0.448. The van der Waals surface area contributed by atoms with Gasteiger partial charge in [-0.15, -0.1) is 0 Å². The maximum atomic E-state index is 7.65. The minimum atomic E-state index is 0.448. The van der Waals surface area contributed by atoms with Gasteiger partial charge in [-0.1, -0.05) is 30.9 Å². The summed E-state index contributed by atoms with van der Waals surface area (Å²) in [5, 5.41) is 11.1. The third-order valence-electron chi connectivity index (χ3n) is 6.65. The van der Waals surface area contributed by atoms with Crippen LogP contribution in [0.1, 0.15) is 24.0 Å². The molecule has 2 aromatic carbocycles. The van der Waals surface area contributed by atoms with Crippen LogP contribution in [0.4, 0.5) is 17.1 Å². The monoisotopic (exact) mass is 493 g/mol. The van der Waals surface area contributed by atoms with E-state index in [4.69, 9.17) is 16.1 Å². The van der Waals surface area contributed by atoms with Gasteiger partial charge in [-0.3, -0.25) is 9.98 Å². The lowest BCUT2D eigenvalue weighted by molar-refractivity contribution is 0.191. The van der Waals surface area contributed by atoms with E-state index in [9.17, 15) is 0 Å². The van der Waals surface area contributed by atoms with Gasteiger partial charge in [-0.25, -0.2) is 0 Å². The first-order valence-corrected chi connectivity index (χ1v) is 12.5. The molecule has 7 nitrogen and oxygen atoms in total. The van der Waals surface area contributed by atoms with Crippen molar-refractivity contribution in [3.8, 4) is 0 Å². The number of nitrogen functional groups attached to an aromatic ring is 1. The lowest BCUT2D eigenvalue weighted by atomic mass is 10.0. The fraction of sp³-hybridized carbons (Fsp3) is 0.233. The summed E-state index contributed by atoms with van der Waals surface area (Å²) in [7, 11) is 2.18. The van der Waals surface area contributed by atoms with Crippen molar-refractivity contribution in [3.05, 3.63) is 102 Å². The first kappa shape index (κ1) is 25.9. The van der Waals surface area contributed by atoms with Crippen molar-refractivity contribution in [1.82, 2.24) is 9.80 Å². The van der Waals surface area contributed by atoms with Gasteiger partial charge in [0.15, 0.2) is 0 Å². The zero-order chi connectivity index (χ0) is 26.2. The van der Waals surface area contributed by atoms with Gasteiger partial charge in [0, 0.05) is 47.2 Å². The first-order chi connectivity index (χ1) is 18.0. The van der Waals surface area contributed by atoms with Gasteiger partial charge in [-0.2, -0.15) is 0 Å². The molecule has 1 saturated heterocycles. The van der Waals surface area contributed by atoms with Crippen molar-refractivity contribution in [1.29, 1.82) is 5.41 Å². The van der Waals surface area contributed by atoms with E-state index in [1.807, 2.05) is 42.5 Å². The molecule has 0 atom stereocenters. The number of nitrogens with one attached hydrogen (secondary N) is 2. The van der Waals surface area contributed by atoms with Gasteiger partial charge in [-0.05, 0) is 87.3 Å². The Kier molecular flexibility index (Phi) is 8.48. The summed E-state index contributed by atoms with van der Waals surface area (Å²) in [6.45, 7) is 10.5. The summed E-state index contributed by atoms with van der Waals surface area (Å²) >= 11 is 0. The zero-order valence-corrected chi connectivity index (χ0v) is 21.4. The molecule has 0 unspecified atom stereocenters. The fourth-order valence-corrected chi connectivity index (χ4v) is 4.43. The SMILES string of the molecule is C=Nc1ccccc1C(=NCC1=CN(C2CCN(C)CC2)/C=C\C(=C)C=C1)Nc1ccc(N)c(C=N)c1. The Balaban J connectivity index is 1.67. The highest BCUT2D eigenvalue weighted by Crippen LogP contribution is 2.24. The van der Waals surface area contributed by atoms with E-state index in [2.05, 4.69) is 65.0 Å². The number of benzene rings is 2. The van der Waals surface area contributed by atoms with Crippen LogP contribution in [0, 0.1) is 5.41 Å². The Hall–Kier alpha value is -4.23. The predicted molar refractivity (Wildman–Crippen MR) is 157 cm³/mol. The number of para-hydroxylation sites is 1. The molecule has 190 valence electrons. The topological polar surface area (TPSA) is 93.1 Å². The molecule has 0 spiro atoms. The van der Waals surface area contributed by atoms with E-state index in [1.165, 1.54) is 6.21 Å². The van der Waals surface area contributed by atoms with Gasteiger partial charge in [0.05, 0.1) is 12.2 Å². The lowest BCUT2D eigenvalue weighted by Gasteiger charge is -2.35. The van der Waals surface area contributed by atoms with Crippen LogP contribution in [-0.4, -0.2) is 61.3 Å². The molecular formula is C30H35N7. The maximum Gasteiger partial charge on any atom is 0.135 e. The number of allylic oxidation sites excluding steroid dienone is 3. The van der Waals surface area contributed by atoms with Crippen LogP contribution >= 0.6 is 0 Å². The van der Waals surface area contributed by atoms with E-state index in [1.54, 1.807) is 6.07 Å². The van der Waals surface area contributed by atoms with Crippen molar-refractivity contribution in [2.45, 2.75) is 18.9 Å². The summed E-state index contributed by atoms with van der Waals surface area (Å²) < 4.78 is 0. The number of likely N-dealkylation sites (tertiary alicyclic amines) is 1. The molecular weight excluding hydrogens is 458 g/mol. The number of piperidine rings is 1. The van der Waals surface area contributed by atoms with Crippen LogP contribution in [0.25, 0.3) is 0 Å². The average molecular weight is 494 g/mol. The number of rotatable bonds is 7. The molecule has 7 heteroatoms. The highest BCUT2D eigenvalue weighted by molar-refractivity contribution is 6.11. The van der Waals surface area contributed by atoms with Gasteiger partial charge in [0.2, 0.25) is 0 Å². The molecule has 0 amide bonds. The number of nitrogens with two attached hydrogens (primary N) is 1. The second-order valence-electron chi connectivity index (χ2n) is 9.36. The standard InChI is InChI=1S/C30H35N7/c1-22-8-9-23(21-37(17-12-22)26-13-15-36(3)16-14-26)20-34-30(27-6-4-5-7-29(27)33-2)35-25-10-11-28(32)24(18-25)19-31/h4-12,17-19,21,26,31H,1-2,13-16,20,32H2,3H3,(H,34,35)/b9-8?,17-12-,23-21?,31-19?. The predicted octanol–water partition coefficient (Wildman–Crippen LogP) is 5.38. The maximum absolute atomic E-state index is 7.65. The molecule has 0 aromatic heterocycles. The van der Waals surface area contributed by atoms with Gasteiger partial charge in [0.1, 0.15) is 5.84 Å². The van der Waals surface area contributed by atoms with Crippen LogP contribution in [-0.2, 0) is 0 Å². The van der Waals surface area contributed by atoms with E-state index in [0.717, 1.165) is 54.0 Å². The summed E-state index contributed by atoms with van der Waals surface area (Å²) in [5.74, 6) is 0.667. The first-order valence-electron chi connectivity index (χ1n) is 12.5. The number of hydrogen-bond donors (Lipinski definition) is 3. The third kappa shape index (κ3) is 6.71. The molecule has 2 heterocycles. The summed E-state index contributed by atoms with van der Waals surface area (Å²) in [4.78, 5) is 13.9. The van der Waals surface area contributed by atoms with Crippen LogP contribution in [0.5, 0.6) is 0 Å². The Morgan fingerprint density at radius 2 is 1.95 bits per heavy atom. The molecule has 0 aliphatic carbocycles.